The van der Waals surface area contributed by atoms with Gasteiger partial charge in [-0.25, -0.2) is 4.21 Å². The van der Waals surface area contributed by atoms with Gasteiger partial charge in [0.15, 0.2) is 0 Å². The fraction of sp³-hybridized carbons (Fsp3) is 0.576. The molecular weight excluding hydrogens is 556 g/mol. The van der Waals surface area contributed by atoms with E-state index in [9.17, 15) is 14.1 Å². The fourth-order valence-corrected chi connectivity index (χ4v) is 9.82. The molecule has 0 radical (unpaired) electrons. The number of rotatable bonds is 0. The first-order valence-electron chi connectivity index (χ1n) is 15.2. The molecule has 1 fully saturated rings. The first-order chi connectivity index (χ1) is 19.5. The van der Waals surface area contributed by atoms with Crippen LogP contribution >= 0.6 is 11.6 Å². The molecule has 1 amide bonds. The van der Waals surface area contributed by atoms with Crippen LogP contribution in [0.4, 0.5) is 5.69 Å². The van der Waals surface area contributed by atoms with Crippen LogP contribution in [0.25, 0.3) is 0 Å². The van der Waals surface area contributed by atoms with Crippen molar-refractivity contribution < 1.29 is 18.8 Å². The Morgan fingerprint density at radius 1 is 1.15 bits per heavy atom. The van der Waals surface area contributed by atoms with Gasteiger partial charge in [-0.2, -0.15) is 0 Å². The van der Waals surface area contributed by atoms with E-state index in [1.54, 1.807) is 6.07 Å². The lowest BCUT2D eigenvalue weighted by Crippen LogP contribution is -2.49. The van der Waals surface area contributed by atoms with Crippen molar-refractivity contribution in [2.24, 2.45) is 23.7 Å². The smallest absolute Gasteiger partial charge is 0.262 e. The summed E-state index contributed by atoms with van der Waals surface area (Å²) in [7, 11) is -2.82. The van der Waals surface area contributed by atoms with E-state index < -0.39 is 9.71 Å². The number of fused-ring (bicyclic) bond motifs is 4. The Morgan fingerprint density at radius 3 is 2.76 bits per heavy atom. The molecule has 2 aromatic carbocycles. The number of ether oxygens (including phenoxy) is 1. The van der Waals surface area contributed by atoms with Crippen LogP contribution in [0.5, 0.6) is 5.75 Å². The van der Waals surface area contributed by atoms with Crippen molar-refractivity contribution in [2.45, 2.75) is 70.3 Å². The molecule has 7 atom stereocenters. The second-order valence-corrected chi connectivity index (χ2v) is 16.0. The second kappa shape index (κ2) is 11.1. The van der Waals surface area contributed by atoms with Crippen LogP contribution in [0, 0.1) is 23.7 Å². The van der Waals surface area contributed by atoms with Crippen molar-refractivity contribution in [3.05, 3.63) is 58.1 Å². The average Bonchev–Trinajstić information content (AvgIpc) is 3.02. The highest BCUT2D eigenvalue weighted by molar-refractivity contribution is 7.99. The van der Waals surface area contributed by atoms with Crippen molar-refractivity contribution in [1.82, 2.24) is 4.72 Å². The number of carbonyl (C=O) groups is 1. The number of nitrogens with zero attached hydrogens (tertiary/aromatic N) is 1. The molecule has 4 aliphatic rings. The van der Waals surface area contributed by atoms with Gasteiger partial charge in [-0.3, -0.25) is 9.52 Å². The molecule has 1 unspecified atom stereocenters. The van der Waals surface area contributed by atoms with Crippen molar-refractivity contribution in [3.8, 4) is 5.75 Å². The normalized spacial score (nSPS) is 35.8. The summed E-state index contributed by atoms with van der Waals surface area (Å²) in [6.45, 7) is 6.33. The molecule has 6 rings (SSSR count). The molecule has 2 bridgehead atoms. The molecule has 2 aliphatic heterocycles. The first-order valence-corrected chi connectivity index (χ1v) is 17.5. The lowest BCUT2D eigenvalue weighted by atomic mass is 9.67. The maximum atomic E-state index is 13.4. The number of aryl methyl sites for hydroxylation is 1. The predicted octanol–water partition coefficient (Wildman–Crippen LogP) is 5.63. The molecule has 1 spiro atoms. The fourth-order valence-electron chi connectivity index (χ4n) is 8.03. The van der Waals surface area contributed by atoms with E-state index in [4.69, 9.17) is 16.3 Å². The van der Waals surface area contributed by atoms with E-state index in [-0.39, 0.29) is 29.3 Å². The van der Waals surface area contributed by atoms with E-state index in [1.807, 2.05) is 18.2 Å². The van der Waals surface area contributed by atoms with Crippen LogP contribution in [-0.2, 0) is 21.5 Å². The van der Waals surface area contributed by atoms with Gasteiger partial charge in [-0.15, -0.1) is 0 Å². The molecule has 222 valence electrons. The minimum absolute atomic E-state index is 0.118. The second-order valence-electron chi connectivity index (χ2n) is 13.4. The summed E-state index contributed by atoms with van der Waals surface area (Å²) < 4.78 is 22.7. The van der Waals surface area contributed by atoms with Crippen LogP contribution in [0.3, 0.4) is 0 Å². The molecule has 0 saturated heterocycles. The van der Waals surface area contributed by atoms with Crippen molar-refractivity contribution in [3.63, 3.8) is 0 Å². The van der Waals surface area contributed by atoms with Crippen molar-refractivity contribution in [1.29, 1.82) is 0 Å². The third-order valence-electron chi connectivity index (χ3n) is 10.0. The van der Waals surface area contributed by atoms with E-state index in [1.165, 1.54) is 11.1 Å². The van der Waals surface area contributed by atoms with Crippen molar-refractivity contribution in [2.75, 3.05) is 30.3 Å². The average molecular weight is 599 g/mol. The number of nitrogens with one attached hydrogen (secondary N) is 1. The molecule has 2 N–H and O–H groups in total. The molecule has 2 heterocycles. The maximum Gasteiger partial charge on any atom is 0.262 e. The zero-order valence-corrected chi connectivity index (χ0v) is 25.8. The zero-order chi connectivity index (χ0) is 28.9. The molecule has 2 aromatic rings. The van der Waals surface area contributed by atoms with Gasteiger partial charge in [0.25, 0.3) is 5.91 Å². The number of benzene rings is 2. The van der Waals surface area contributed by atoms with Crippen LogP contribution in [-0.4, -0.2) is 52.6 Å². The SMILES string of the molecule is C=S1(=O)C[C@H](C)C[C@H](C)C[C@H](O)[C@@H]2CC[C@H]2CN2C[C@@]3(CCCc4cc(Cl)ccc43)COc3ccc(cc32)C(=O)N1. The quantitative estimate of drug-likeness (QED) is 0.385. The minimum atomic E-state index is -2.82. The van der Waals surface area contributed by atoms with E-state index in [2.05, 4.69) is 41.5 Å². The van der Waals surface area contributed by atoms with Gasteiger partial charge in [0.1, 0.15) is 5.75 Å². The lowest BCUT2D eigenvalue weighted by molar-refractivity contribution is 0.000594. The first kappa shape index (κ1) is 28.9. The zero-order valence-electron chi connectivity index (χ0n) is 24.2. The van der Waals surface area contributed by atoms with Crippen LogP contribution < -0.4 is 14.4 Å². The summed E-state index contributed by atoms with van der Waals surface area (Å²) >= 11 is 6.40. The molecule has 8 heteroatoms. The summed E-state index contributed by atoms with van der Waals surface area (Å²) in [6.07, 6.45) is 6.42. The monoisotopic (exact) mass is 598 g/mol. The maximum absolute atomic E-state index is 13.4. The standard InChI is InChI=1S/C33H43ClN2O4S/c1-21-13-22(2)18-41(3,39)35-32(38)24-7-11-31-29(16-24)36(17-25-6-9-27(25)30(37)14-21)19-33(20-40-31)12-4-5-23-15-26(34)8-10-28(23)33/h7-8,10-11,15-16,21-22,25,27,30,37H,3-6,9,12-14,17-20H2,1-2H3,(H,35,38,39)/t21-,22+,25-,27+,30-,33-,41?/m0/s1. The highest BCUT2D eigenvalue weighted by atomic mass is 35.5. The van der Waals surface area contributed by atoms with Gasteiger partial charge in [-0.05, 0) is 116 Å². The summed E-state index contributed by atoms with van der Waals surface area (Å²) in [4.78, 5) is 15.8. The third kappa shape index (κ3) is 5.87. The number of carbonyl (C=O) groups excluding carboxylic acids is 1. The number of hydrogen-bond donors (Lipinski definition) is 2. The van der Waals surface area contributed by atoms with Gasteiger partial charge in [-0.1, -0.05) is 31.5 Å². The topological polar surface area (TPSA) is 78.9 Å². The number of amides is 1. The Bertz CT molecular complexity index is 1430. The van der Waals surface area contributed by atoms with Gasteiger partial charge in [0, 0.05) is 44.6 Å². The Hall–Kier alpha value is -2.22. The summed E-state index contributed by atoms with van der Waals surface area (Å²) in [6, 6.07) is 11.8. The Balaban J connectivity index is 1.41. The van der Waals surface area contributed by atoms with E-state index in [0.29, 0.717) is 29.8 Å². The Morgan fingerprint density at radius 2 is 1.98 bits per heavy atom. The summed E-state index contributed by atoms with van der Waals surface area (Å²) in [5.41, 5.74) is 3.73. The number of hydrogen-bond acceptors (Lipinski definition) is 5. The van der Waals surface area contributed by atoms with Crippen LogP contribution in [0.15, 0.2) is 36.4 Å². The van der Waals surface area contributed by atoms with Gasteiger partial charge in [0.05, 0.1) is 18.4 Å². The Labute approximate surface area is 249 Å². The molecular formula is C33H43ClN2O4S. The summed E-state index contributed by atoms with van der Waals surface area (Å²) in [5, 5.41) is 12.1. The number of aliphatic hydroxyl groups is 1. The number of anilines is 1. The summed E-state index contributed by atoms with van der Waals surface area (Å²) in [5.74, 6) is 5.65. The minimum Gasteiger partial charge on any atom is -0.490 e. The molecule has 6 nitrogen and oxygen atoms in total. The number of aliphatic hydroxyl groups excluding tert-OH is 1. The predicted molar refractivity (Wildman–Crippen MR) is 168 cm³/mol. The Kier molecular flexibility index (Phi) is 7.84. The van der Waals surface area contributed by atoms with E-state index >= 15 is 0 Å². The molecule has 1 saturated carbocycles. The van der Waals surface area contributed by atoms with Gasteiger partial charge >= 0.3 is 0 Å². The van der Waals surface area contributed by atoms with Crippen molar-refractivity contribution >= 4 is 38.8 Å². The van der Waals surface area contributed by atoms with Crippen LogP contribution in [0.1, 0.15) is 73.9 Å². The number of halogens is 1. The third-order valence-corrected chi connectivity index (χ3v) is 11.9. The van der Waals surface area contributed by atoms with E-state index in [0.717, 1.165) is 74.5 Å². The molecule has 41 heavy (non-hydrogen) atoms. The van der Waals surface area contributed by atoms with Gasteiger partial charge < -0.3 is 14.7 Å². The lowest BCUT2D eigenvalue weighted by Gasteiger charge is -2.46. The molecule has 2 aliphatic carbocycles. The van der Waals surface area contributed by atoms with Gasteiger partial charge in [0.2, 0.25) is 0 Å². The highest BCUT2D eigenvalue weighted by Crippen LogP contribution is 2.47. The molecule has 0 aromatic heterocycles. The highest BCUT2D eigenvalue weighted by Gasteiger charge is 2.44. The largest absolute Gasteiger partial charge is 0.490 e. The van der Waals surface area contributed by atoms with Crippen LogP contribution in [0.2, 0.25) is 5.02 Å².